The van der Waals surface area contributed by atoms with Crippen molar-refractivity contribution in [1.82, 2.24) is 5.43 Å². The standard InChI is InChI=1S/C14H12Cl3FN2/c15-9-4-5-10(12(17)7-9)13(20-19)6-8-2-1-3-11(16)14(8)18/h1-5,7,13,20H,6,19H2. The zero-order valence-electron chi connectivity index (χ0n) is 10.3. The zero-order chi connectivity index (χ0) is 14.7. The molecule has 1 unspecified atom stereocenters. The fraction of sp³-hybridized carbons (Fsp3) is 0.143. The summed E-state index contributed by atoms with van der Waals surface area (Å²) in [6.07, 6.45) is 0.324. The Morgan fingerprint density at radius 2 is 1.85 bits per heavy atom. The van der Waals surface area contributed by atoms with E-state index in [1.54, 1.807) is 30.3 Å². The molecule has 0 radical (unpaired) electrons. The van der Waals surface area contributed by atoms with Crippen LogP contribution >= 0.6 is 34.8 Å². The quantitative estimate of drug-likeness (QED) is 0.637. The van der Waals surface area contributed by atoms with Gasteiger partial charge in [0.2, 0.25) is 0 Å². The minimum Gasteiger partial charge on any atom is -0.271 e. The Labute approximate surface area is 131 Å². The summed E-state index contributed by atoms with van der Waals surface area (Å²) >= 11 is 17.8. The molecule has 3 N–H and O–H groups in total. The number of nitrogens with one attached hydrogen (secondary N) is 1. The third-order valence-corrected chi connectivity index (χ3v) is 3.85. The molecule has 0 bridgehead atoms. The molecule has 0 amide bonds. The number of hydrogen-bond donors (Lipinski definition) is 2. The molecule has 106 valence electrons. The van der Waals surface area contributed by atoms with Crippen LogP contribution in [-0.2, 0) is 6.42 Å². The molecule has 2 rings (SSSR count). The molecule has 0 fully saturated rings. The molecule has 0 aliphatic heterocycles. The molecule has 2 aromatic carbocycles. The lowest BCUT2D eigenvalue weighted by Crippen LogP contribution is -2.30. The van der Waals surface area contributed by atoms with Crippen LogP contribution < -0.4 is 11.3 Å². The molecular weight excluding hydrogens is 322 g/mol. The minimum atomic E-state index is -0.445. The van der Waals surface area contributed by atoms with E-state index in [0.29, 0.717) is 22.0 Å². The van der Waals surface area contributed by atoms with Crippen LogP contribution in [0.4, 0.5) is 4.39 Å². The number of nitrogens with two attached hydrogens (primary N) is 1. The SMILES string of the molecule is NNC(Cc1cccc(Cl)c1F)c1ccc(Cl)cc1Cl. The van der Waals surface area contributed by atoms with E-state index in [-0.39, 0.29) is 11.1 Å². The van der Waals surface area contributed by atoms with Gasteiger partial charge >= 0.3 is 0 Å². The molecule has 0 aliphatic carbocycles. The van der Waals surface area contributed by atoms with Gasteiger partial charge in [-0.2, -0.15) is 0 Å². The van der Waals surface area contributed by atoms with Crippen LogP contribution in [0.2, 0.25) is 15.1 Å². The van der Waals surface area contributed by atoms with E-state index < -0.39 is 5.82 Å². The van der Waals surface area contributed by atoms with Gasteiger partial charge in [0, 0.05) is 10.0 Å². The first-order valence-corrected chi connectivity index (χ1v) is 7.00. The first-order valence-electron chi connectivity index (χ1n) is 5.87. The molecule has 0 spiro atoms. The van der Waals surface area contributed by atoms with Crippen molar-refractivity contribution in [2.24, 2.45) is 5.84 Å². The normalized spacial score (nSPS) is 12.4. The highest BCUT2D eigenvalue weighted by Crippen LogP contribution is 2.29. The van der Waals surface area contributed by atoms with Crippen LogP contribution in [0.15, 0.2) is 36.4 Å². The third kappa shape index (κ3) is 3.43. The van der Waals surface area contributed by atoms with E-state index in [1.165, 1.54) is 6.07 Å². The van der Waals surface area contributed by atoms with Gasteiger partial charge in [0.25, 0.3) is 0 Å². The maximum absolute atomic E-state index is 13.9. The fourth-order valence-corrected chi connectivity index (χ4v) is 2.70. The van der Waals surface area contributed by atoms with Gasteiger partial charge in [-0.1, -0.05) is 53.0 Å². The lowest BCUT2D eigenvalue weighted by Gasteiger charge is -2.18. The number of rotatable bonds is 4. The summed E-state index contributed by atoms with van der Waals surface area (Å²) in [5.74, 6) is 5.11. The fourth-order valence-electron chi connectivity index (χ4n) is 1.97. The first kappa shape index (κ1) is 15.5. The molecule has 2 nitrogen and oxygen atoms in total. The summed E-state index contributed by atoms with van der Waals surface area (Å²) in [5, 5.41) is 1.09. The second-order valence-electron chi connectivity index (χ2n) is 4.30. The second-order valence-corrected chi connectivity index (χ2v) is 5.55. The molecule has 0 aliphatic rings. The Bertz CT molecular complexity index is 619. The van der Waals surface area contributed by atoms with Gasteiger partial charge in [0.1, 0.15) is 5.82 Å². The predicted molar refractivity (Wildman–Crippen MR) is 81.6 cm³/mol. The largest absolute Gasteiger partial charge is 0.271 e. The van der Waals surface area contributed by atoms with Crippen LogP contribution in [0.3, 0.4) is 0 Å². The average Bonchev–Trinajstić information content (AvgIpc) is 2.41. The summed E-state index contributed by atoms with van der Waals surface area (Å²) in [6, 6.07) is 9.61. The van der Waals surface area contributed by atoms with Gasteiger partial charge < -0.3 is 0 Å². The van der Waals surface area contributed by atoms with E-state index in [0.717, 1.165) is 5.56 Å². The number of hydrazine groups is 1. The summed E-state index contributed by atoms with van der Waals surface area (Å²) in [7, 11) is 0. The molecule has 0 aromatic heterocycles. The van der Waals surface area contributed by atoms with Crippen LogP contribution in [0, 0.1) is 5.82 Å². The van der Waals surface area contributed by atoms with Crippen LogP contribution in [0.5, 0.6) is 0 Å². The lowest BCUT2D eigenvalue weighted by molar-refractivity contribution is 0.529. The van der Waals surface area contributed by atoms with Crippen molar-refractivity contribution in [1.29, 1.82) is 0 Å². The number of hydrogen-bond acceptors (Lipinski definition) is 2. The Morgan fingerprint density at radius 3 is 2.50 bits per heavy atom. The molecule has 0 saturated carbocycles. The van der Waals surface area contributed by atoms with Gasteiger partial charge in [-0.15, -0.1) is 0 Å². The van der Waals surface area contributed by atoms with Gasteiger partial charge in [-0.3, -0.25) is 11.3 Å². The Hall–Kier alpha value is -0.840. The van der Waals surface area contributed by atoms with E-state index >= 15 is 0 Å². The highest BCUT2D eigenvalue weighted by Gasteiger charge is 2.17. The Morgan fingerprint density at radius 1 is 1.10 bits per heavy atom. The minimum absolute atomic E-state index is 0.0838. The van der Waals surface area contributed by atoms with Crippen molar-refractivity contribution < 1.29 is 4.39 Å². The van der Waals surface area contributed by atoms with Crippen molar-refractivity contribution >= 4 is 34.8 Å². The topological polar surface area (TPSA) is 38.0 Å². The van der Waals surface area contributed by atoms with E-state index in [1.807, 2.05) is 0 Å². The van der Waals surface area contributed by atoms with Crippen molar-refractivity contribution in [3.63, 3.8) is 0 Å². The van der Waals surface area contributed by atoms with E-state index in [9.17, 15) is 4.39 Å². The summed E-state index contributed by atoms with van der Waals surface area (Å²) < 4.78 is 13.9. The molecule has 20 heavy (non-hydrogen) atoms. The highest BCUT2D eigenvalue weighted by molar-refractivity contribution is 6.35. The van der Waals surface area contributed by atoms with Gasteiger partial charge in [-0.25, -0.2) is 4.39 Å². The van der Waals surface area contributed by atoms with Gasteiger partial charge in [0.05, 0.1) is 11.1 Å². The molecule has 2 aromatic rings. The third-order valence-electron chi connectivity index (χ3n) is 2.99. The van der Waals surface area contributed by atoms with Crippen molar-refractivity contribution in [2.75, 3.05) is 0 Å². The molecule has 1 atom stereocenters. The second kappa shape index (κ2) is 6.74. The number of benzene rings is 2. The predicted octanol–water partition coefficient (Wildman–Crippen LogP) is 4.53. The number of halogens is 4. The molecule has 0 saturated heterocycles. The maximum Gasteiger partial charge on any atom is 0.145 e. The smallest absolute Gasteiger partial charge is 0.145 e. The lowest BCUT2D eigenvalue weighted by atomic mass is 9.99. The first-order chi connectivity index (χ1) is 9.52. The summed E-state index contributed by atoms with van der Waals surface area (Å²) in [6.45, 7) is 0. The molecular formula is C14H12Cl3FN2. The Balaban J connectivity index is 2.31. The summed E-state index contributed by atoms with van der Waals surface area (Å²) in [5.41, 5.74) is 3.85. The van der Waals surface area contributed by atoms with Crippen LogP contribution in [0.1, 0.15) is 17.2 Å². The van der Waals surface area contributed by atoms with Crippen LogP contribution in [-0.4, -0.2) is 0 Å². The van der Waals surface area contributed by atoms with Crippen molar-refractivity contribution in [3.05, 3.63) is 68.4 Å². The zero-order valence-corrected chi connectivity index (χ0v) is 12.6. The van der Waals surface area contributed by atoms with Crippen molar-refractivity contribution in [2.45, 2.75) is 12.5 Å². The average molecular weight is 334 g/mol. The molecule has 6 heteroatoms. The van der Waals surface area contributed by atoms with Crippen molar-refractivity contribution in [3.8, 4) is 0 Å². The maximum atomic E-state index is 13.9. The Kier molecular flexibility index (Phi) is 5.24. The van der Waals surface area contributed by atoms with Crippen LogP contribution in [0.25, 0.3) is 0 Å². The highest BCUT2D eigenvalue weighted by atomic mass is 35.5. The van der Waals surface area contributed by atoms with Gasteiger partial charge in [0.15, 0.2) is 0 Å². The van der Waals surface area contributed by atoms with Gasteiger partial charge in [-0.05, 0) is 35.7 Å². The van der Waals surface area contributed by atoms with E-state index in [2.05, 4.69) is 5.43 Å². The summed E-state index contributed by atoms with van der Waals surface area (Å²) in [4.78, 5) is 0. The molecule has 0 heterocycles. The van der Waals surface area contributed by atoms with E-state index in [4.69, 9.17) is 40.6 Å². The monoisotopic (exact) mass is 332 g/mol.